The lowest BCUT2D eigenvalue weighted by Gasteiger charge is -2.25. The SMILES string of the molecule is CNC1C(=O)N(CC(C)O)CCc2ncsc21. The second kappa shape index (κ2) is 5.12. The first-order chi connectivity index (χ1) is 8.13. The van der Waals surface area contributed by atoms with Crippen LogP contribution >= 0.6 is 11.3 Å². The van der Waals surface area contributed by atoms with Gasteiger partial charge in [-0.25, -0.2) is 4.98 Å². The number of hydrogen-bond acceptors (Lipinski definition) is 5. The van der Waals surface area contributed by atoms with Gasteiger partial charge in [-0.1, -0.05) is 0 Å². The molecule has 17 heavy (non-hydrogen) atoms. The summed E-state index contributed by atoms with van der Waals surface area (Å²) >= 11 is 1.51. The zero-order chi connectivity index (χ0) is 12.4. The minimum atomic E-state index is -0.499. The first-order valence-electron chi connectivity index (χ1n) is 5.70. The van der Waals surface area contributed by atoms with Crippen molar-refractivity contribution in [2.45, 2.75) is 25.5 Å². The second-order valence-corrected chi connectivity index (χ2v) is 5.15. The molecule has 0 fully saturated rings. The molecule has 5 nitrogen and oxygen atoms in total. The zero-order valence-corrected chi connectivity index (χ0v) is 10.8. The molecular weight excluding hydrogens is 238 g/mol. The number of β-amino-alcohol motifs (C(OH)–C–C–N with tert-alkyl or cyclic N) is 1. The van der Waals surface area contributed by atoms with Crippen LogP contribution in [0.3, 0.4) is 0 Å². The predicted octanol–water partition coefficient (Wildman–Crippen LogP) is 0.169. The van der Waals surface area contributed by atoms with E-state index in [1.54, 1.807) is 24.4 Å². The number of fused-ring (bicyclic) bond motifs is 1. The molecular formula is C11H17N3O2S. The first-order valence-corrected chi connectivity index (χ1v) is 6.57. The lowest BCUT2D eigenvalue weighted by molar-refractivity contribution is -0.134. The summed E-state index contributed by atoms with van der Waals surface area (Å²) in [7, 11) is 1.78. The number of rotatable bonds is 3. The van der Waals surface area contributed by atoms with Gasteiger partial charge in [0.1, 0.15) is 6.04 Å². The third kappa shape index (κ3) is 2.48. The molecule has 0 saturated heterocycles. The number of aliphatic hydroxyl groups is 1. The lowest BCUT2D eigenvalue weighted by atomic mass is 10.2. The molecule has 0 aliphatic carbocycles. The van der Waals surface area contributed by atoms with E-state index in [0.717, 1.165) is 17.0 Å². The van der Waals surface area contributed by atoms with E-state index in [0.29, 0.717) is 13.1 Å². The average Bonchev–Trinajstić information content (AvgIpc) is 2.68. The number of carbonyl (C=O) groups is 1. The summed E-state index contributed by atoms with van der Waals surface area (Å²) in [6, 6.07) is -0.321. The van der Waals surface area contributed by atoms with E-state index < -0.39 is 6.10 Å². The van der Waals surface area contributed by atoms with Gasteiger partial charge in [0.15, 0.2) is 0 Å². The fraction of sp³-hybridized carbons (Fsp3) is 0.636. The fourth-order valence-electron chi connectivity index (χ4n) is 2.10. The zero-order valence-electron chi connectivity index (χ0n) is 10.0. The van der Waals surface area contributed by atoms with E-state index >= 15 is 0 Å². The van der Waals surface area contributed by atoms with Gasteiger partial charge in [-0.15, -0.1) is 11.3 Å². The Kier molecular flexibility index (Phi) is 3.76. The molecule has 2 rings (SSSR count). The molecule has 0 aromatic carbocycles. The number of thiazole rings is 1. The summed E-state index contributed by atoms with van der Waals surface area (Å²) in [5, 5.41) is 12.5. The number of aromatic nitrogens is 1. The van der Waals surface area contributed by atoms with Crippen LogP contribution in [0.1, 0.15) is 23.5 Å². The van der Waals surface area contributed by atoms with Crippen LogP contribution in [0.25, 0.3) is 0 Å². The number of aliphatic hydroxyl groups excluding tert-OH is 1. The fourth-order valence-corrected chi connectivity index (χ4v) is 3.04. The van der Waals surface area contributed by atoms with E-state index in [2.05, 4.69) is 10.3 Å². The van der Waals surface area contributed by atoms with Gasteiger partial charge >= 0.3 is 0 Å². The summed E-state index contributed by atoms with van der Waals surface area (Å²) in [4.78, 5) is 19.3. The van der Waals surface area contributed by atoms with Crippen LogP contribution in [0.4, 0.5) is 0 Å². The predicted molar refractivity (Wildman–Crippen MR) is 65.9 cm³/mol. The highest BCUT2D eigenvalue weighted by Crippen LogP contribution is 2.27. The van der Waals surface area contributed by atoms with Crippen LogP contribution in [-0.2, 0) is 11.2 Å². The molecule has 1 aromatic heterocycles. The van der Waals surface area contributed by atoms with Crippen molar-refractivity contribution in [3.05, 3.63) is 16.1 Å². The Labute approximate surface area is 104 Å². The molecule has 2 atom stereocenters. The van der Waals surface area contributed by atoms with Crippen molar-refractivity contribution in [2.75, 3.05) is 20.1 Å². The molecule has 2 unspecified atom stereocenters. The molecule has 2 heterocycles. The highest BCUT2D eigenvalue weighted by molar-refractivity contribution is 7.10. The molecule has 1 aromatic rings. The van der Waals surface area contributed by atoms with Crippen LogP contribution in [-0.4, -0.2) is 47.1 Å². The molecule has 1 aliphatic rings. The van der Waals surface area contributed by atoms with Crippen LogP contribution in [0.2, 0.25) is 0 Å². The van der Waals surface area contributed by atoms with Crippen LogP contribution in [0.5, 0.6) is 0 Å². The van der Waals surface area contributed by atoms with Gasteiger partial charge < -0.3 is 15.3 Å². The van der Waals surface area contributed by atoms with Gasteiger partial charge in [-0.05, 0) is 14.0 Å². The monoisotopic (exact) mass is 255 g/mol. The first kappa shape index (κ1) is 12.5. The Hall–Kier alpha value is -0.980. The Morgan fingerprint density at radius 3 is 3.18 bits per heavy atom. The van der Waals surface area contributed by atoms with Crippen molar-refractivity contribution in [3.63, 3.8) is 0 Å². The molecule has 0 spiro atoms. The third-order valence-electron chi connectivity index (χ3n) is 2.89. The van der Waals surface area contributed by atoms with E-state index in [4.69, 9.17) is 0 Å². The summed E-state index contributed by atoms with van der Waals surface area (Å²) in [6.07, 6.45) is 0.260. The van der Waals surface area contributed by atoms with E-state index in [9.17, 15) is 9.90 Å². The van der Waals surface area contributed by atoms with Crippen molar-refractivity contribution in [2.24, 2.45) is 0 Å². The summed E-state index contributed by atoms with van der Waals surface area (Å²) in [6.45, 7) is 2.70. The van der Waals surface area contributed by atoms with Crippen molar-refractivity contribution in [1.82, 2.24) is 15.2 Å². The number of amides is 1. The van der Waals surface area contributed by atoms with Gasteiger partial charge in [0.05, 0.1) is 22.2 Å². The standard InChI is InChI=1S/C11H17N3O2S/c1-7(15)5-14-4-3-8-10(17-6-13-8)9(12-2)11(14)16/h6-7,9,12,15H,3-5H2,1-2H3. The summed E-state index contributed by atoms with van der Waals surface area (Å²) in [5.41, 5.74) is 2.78. The highest BCUT2D eigenvalue weighted by Gasteiger charge is 2.31. The Morgan fingerprint density at radius 1 is 1.76 bits per heavy atom. The molecule has 0 saturated carbocycles. The minimum absolute atomic E-state index is 0.0244. The largest absolute Gasteiger partial charge is 0.392 e. The van der Waals surface area contributed by atoms with Gasteiger partial charge in [0.2, 0.25) is 5.91 Å². The maximum Gasteiger partial charge on any atom is 0.245 e. The average molecular weight is 255 g/mol. The number of likely N-dealkylation sites (N-methyl/N-ethyl adjacent to an activating group) is 1. The van der Waals surface area contributed by atoms with Crippen molar-refractivity contribution in [3.8, 4) is 0 Å². The molecule has 0 radical (unpaired) electrons. The number of hydrogen-bond donors (Lipinski definition) is 2. The quantitative estimate of drug-likeness (QED) is 0.808. The minimum Gasteiger partial charge on any atom is -0.392 e. The van der Waals surface area contributed by atoms with Crippen LogP contribution in [0, 0.1) is 0 Å². The van der Waals surface area contributed by atoms with Gasteiger partial charge in [-0.2, -0.15) is 0 Å². The molecule has 0 bridgehead atoms. The smallest absolute Gasteiger partial charge is 0.245 e. The topological polar surface area (TPSA) is 65.5 Å². The normalized spacial score (nSPS) is 22.2. The van der Waals surface area contributed by atoms with Gasteiger partial charge in [0.25, 0.3) is 0 Å². The van der Waals surface area contributed by atoms with E-state index in [-0.39, 0.29) is 11.9 Å². The second-order valence-electron chi connectivity index (χ2n) is 4.27. The summed E-state index contributed by atoms with van der Waals surface area (Å²) in [5.74, 6) is 0.0244. The number of carbonyl (C=O) groups excluding carboxylic acids is 1. The Balaban J connectivity index is 2.25. The van der Waals surface area contributed by atoms with Crippen molar-refractivity contribution < 1.29 is 9.90 Å². The van der Waals surface area contributed by atoms with Crippen molar-refractivity contribution >= 4 is 17.2 Å². The maximum atomic E-state index is 12.3. The lowest BCUT2D eigenvalue weighted by Crippen LogP contribution is -2.42. The number of nitrogens with one attached hydrogen (secondary N) is 1. The molecule has 94 valence electrons. The Bertz CT molecular complexity index is 405. The van der Waals surface area contributed by atoms with Crippen molar-refractivity contribution in [1.29, 1.82) is 0 Å². The molecule has 2 N–H and O–H groups in total. The summed E-state index contributed by atoms with van der Waals surface area (Å²) < 4.78 is 0. The van der Waals surface area contributed by atoms with Crippen LogP contribution < -0.4 is 5.32 Å². The van der Waals surface area contributed by atoms with E-state index in [1.807, 2.05) is 0 Å². The van der Waals surface area contributed by atoms with E-state index in [1.165, 1.54) is 11.3 Å². The molecule has 6 heteroatoms. The maximum absolute atomic E-state index is 12.3. The highest BCUT2D eigenvalue weighted by atomic mass is 32.1. The third-order valence-corrected chi connectivity index (χ3v) is 3.82. The van der Waals surface area contributed by atoms with Gasteiger partial charge in [-0.3, -0.25) is 4.79 Å². The Morgan fingerprint density at radius 2 is 2.53 bits per heavy atom. The number of nitrogens with zero attached hydrogens (tertiary/aromatic N) is 2. The van der Waals surface area contributed by atoms with Crippen LogP contribution in [0.15, 0.2) is 5.51 Å². The molecule has 1 amide bonds. The molecule has 1 aliphatic heterocycles. The van der Waals surface area contributed by atoms with Gasteiger partial charge in [0, 0.05) is 19.5 Å².